The Labute approximate surface area is 64.2 Å². The molecular weight excluding hydrogens is 146 g/mol. The SMILES string of the molecule is C=CCc1ccc(F)c(F)c1. The fraction of sp³-hybridized carbons (Fsp3) is 0.111. The van der Waals surface area contributed by atoms with Crippen LogP contribution in [0.25, 0.3) is 0 Å². The number of allylic oxidation sites excluding steroid dienone is 1. The number of benzene rings is 1. The van der Waals surface area contributed by atoms with Crippen LogP contribution in [0.3, 0.4) is 0 Å². The zero-order valence-electron chi connectivity index (χ0n) is 5.98. The van der Waals surface area contributed by atoms with Gasteiger partial charge in [-0.2, -0.15) is 0 Å². The number of hydrogen-bond donors (Lipinski definition) is 0. The van der Waals surface area contributed by atoms with E-state index in [9.17, 15) is 8.78 Å². The average molecular weight is 154 g/mol. The van der Waals surface area contributed by atoms with E-state index in [1.54, 1.807) is 12.1 Å². The lowest BCUT2D eigenvalue weighted by Crippen LogP contribution is -1.86. The maximum Gasteiger partial charge on any atom is 0.159 e. The lowest BCUT2D eigenvalue weighted by Gasteiger charge is -1.96. The Morgan fingerprint density at radius 1 is 1.27 bits per heavy atom. The van der Waals surface area contributed by atoms with Crippen LogP contribution in [-0.2, 0) is 6.42 Å². The molecular formula is C9H8F2. The maximum absolute atomic E-state index is 12.5. The van der Waals surface area contributed by atoms with E-state index in [-0.39, 0.29) is 0 Å². The Bertz CT molecular complexity index is 266. The van der Waals surface area contributed by atoms with E-state index < -0.39 is 11.6 Å². The summed E-state index contributed by atoms with van der Waals surface area (Å²) in [5.74, 6) is -1.61. The first-order valence-corrected chi connectivity index (χ1v) is 3.29. The monoisotopic (exact) mass is 154 g/mol. The van der Waals surface area contributed by atoms with Crippen LogP contribution < -0.4 is 0 Å². The summed E-state index contributed by atoms with van der Waals surface area (Å²) in [6.45, 7) is 3.49. The quantitative estimate of drug-likeness (QED) is 0.574. The minimum atomic E-state index is -0.808. The Morgan fingerprint density at radius 3 is 2.55 bits per heavy atom. The molecule has 0 amide bonds. The molecule has 1 aromatic rings. The molecule has 0 nitrogen and oxygen atoms in total. The molecule has 0 spiro atoms. The molecule has 0 saturated carbocycles. The second-order valence-corrected chi connectivity index (χ2v) is 2.24. The highest BCUT2D eigenvalue weighted by molar-refractivity contribution is 5.19. The molecule has 1 rings (SSSR count). The van der Waals surface area contributed by atoms with Gasteiger partial charge in [0.15, 0.2) is 11.6 Å². The van der Waals surface area contributed by atoms with Crippen molar-refractivity contribution in [3.8, 4) is 0 Å². The molecule has 0 bridgehead atoms. The number of rotatable bonds is 2. The normalized spacial score (nSPS) is 9.64. The first-order valence-electron chi connectivity index (χ1n) is 3.29. The largest absolute Gasteiger partial charge is 0.204 e. The molecule has 0 aliphatic rings. The van der Waals surface area contributed by atoms with Crippen molar-refractivity contribution in [2.75, 3.05) is 0 Å². The van der Waals surface area contributed by atoms with Gasteiger partial charge < -0.3 is 0 Å². The molecule has 0 fully saturated rings. The third kappa shape index (κ3) is 1.87. The van der Waals surface area contributed by atoms with Crippen LogP contribution in [0.15, 0.2) is 30.9 Å². The summed E-state index contributed by atoms with van der Waals surface area (Å²) >= 11 is 0. The zero-order valence-corrected chi connectivity index (χ0v) is 5.98. The topological polar surface area (TPSA) is 0 Å². The van der Waals surface area contributed by atoms with Crippen molar-refractivity contribution in [3.63, 3.8) is 0 Å². The van der Waals surface area contributed by atoms with Gasteiger partial charge in [-0.05, 0) is 24.1 Å². The molecule has 0 aliphatic carbocycles. The molecule has 0 aliphatic heterocycles. The van der Waals surface area contributed by atoms with Crippen LogP contribution in [0, 0.1) is 11.6 Å². The number of halogens is 2. The summed E-state index contributed by atoms with van der Waals surface area (Å²) in [5, 5.41) is 0. The van der Waals surface area contributed by atoms with Crippen LogP contribution in [-0.4, -0.2) is 0 Å². The van der Waals surface area contributed by atoms with Gasteiger partial charge in [0.05, 0.1) is 0 Å². The van der Waals surface area contributed by atoms with Gasteiger partial charge in [-0.25, -0.2) is 8.78 Å². The minimum absolute atomic E-state index is 0.567. The standard InChI is InChI=1S/C9H8F2/c1-2-3-7-4-5-8(10)9(11)6-7/h2,4-6H,1,3H2. The summed E-state index contributed by atoms with van der Waals surface area (Å²) in [6.07, 6.45) is 2.21. The third-order valence-electron chi connectivity index (χ3n) is 1.36. The summed E-state index contributed by atoms with van der Waals surface area (Å²) in [7, 11) is 0. The Morgan fingerprint density at radius 2 is 2.00 bits per heavy atom. The van der Waals surface area contributed by atoms with Crippen molar-refractivity contribution in [1.29, 1.82) is 0 Å². The van der Waals surface area contributed by atoms with Gasteiger partial charge in [0.25, 0.3) is 0 Å². The first-order chi connectivity index (χ1) is 5.24. The van der Waals surface area contributed by atoms with Gasteiger partial charge >= 0.3 is 0 Å². The van der Waals surface area contributed by atoms with E-state index in [1.807, 2.05) is 0 Å². The van der Waals surface area contributed by atoms with Gasteiger partial charge in [-0.1, -0.05) is 12.1 Å². The van der Waals surface area contributed by atoms with E-state index in [0.29, 0.717) is 6.42 Å². The molecule has 0 atom stereocenters. The highest BCUT2D eigenvalue weighted by atomic mass is 19.2. The van der Waals surface area contributed by atoms with E-state index in [2.05, 4.69) is 6.58 Å². The van der Waals surface area contributed by atoms with E-state index in [1.165, 1.54) is 6.07 Å². The maximum atomic E-state index is 12.5. The molecule has 0 heterocycles. The predicted octanol–water partition coefficient (Wildman–Crippen LogP) is 2.69. The van der Waals surface area contributed by atoms with Crippen molar-refractivity contribution in [3.05, 3.63) is 48.1 Å². The summed E-state index contributed by atoms with van der Waals surface area (Å²) in [6, 6.07) is 3.84. The van der Waals surface area contributed by atoms with Crippen LogP contribution in [0.4, 0.5) is 8.78 Å². The van der Waals surface area contributed by atoms with Crippen molar-refractivity contribution < 1.29 is 8.78 Å². The van der Waals surface area contributed by atoms with Crippen molar-refractivity contribution >= 4 is 0 Å². The van der Waals surface area contributed by atoms with Crippen LogP contribution in [0.5, 0.6) is 0 Å². The van der Waals surface area contributed by atoms with Gasteiger partial charge in [0.1, 0.15) is 0 Å². The Kier molecular flexibility index (Phi) is 2.36. The summed E-state index contributed by atoms with van der Waals surface area (Å²) in [5.41, 5.74) is 0.735. The lowest BCUT2D eigenvalue weighted by molar-refractivity contribution is 0.507. The Balaban J connectivity index is 2.95. The predicted molar refractivity (Wildman–Crippen MR) is 40.3 cm³/mol. The van der Waals surface area contributed by atoms with E-state index >= 15 is 0 Å². The minimum Gasteiger partial charge on any atom is -0.204 e. The molecule has 11 heavy (non-hydrogen) atoms. The fourth-order valence-electron chi connectivity index (χ4n) is 0.833. The molecule has 0 aromatic heterocycles. The first kappa shape index (κ1) is 7.92. The summed E-state index contributed by atoms with van der Waals surface area (Å²) in [4.78, 5) is 0. The molecule has 0 N–H and O–H groups in total. The highest BCUT2D eigenvalue weighted by Gasteiger charge is 1.99. The Hall–Kier alpha value is -1.18. The van der Waals surface area contributed by atoms with Crippen LogP contribution in [0.2, 0.25) is 0 Å². The van der Waals surface area contributed by atoms with E-state index in [4.69, 9.17) is 0 Å². The molecule has 1 aromatic carbocycles. The van der Waals surface area contributed by atoms with Gasteiger partial charge in [-0.3, -0.25) is 0 Å². The average Bonchev–Trinajstić information content (AvgIpc) is 1.98. The molecule has 0 radical (unpaired) electrons. The molecule has 0 saturated heterocycles. The lowest BCUT2D eigenvalue weighted by atomic mass is 10.1. The highest BCUT2D eigenvalue weighted by Crippen LogP contribution is 2.08. The molecule has 0 unspecified atom stereocenters. The van der Waals surface area contributed by atoms with Crippen LogP contribution >= 0.6 is 0 Å². The summed E-state index contributed by atoms with van der Waals surface area (Å²) < 4.78 is 24.8. The second-order valence-electron chi connectivity index (χ2n) is 2.24. The molecule has 58 valence electrons. The second kappa shape index (κ2) is 3.28. The molecule has 2 heteroatoms. The van der Waals surface area contributed by atoms with Crippen molar-refractivity contribution in [2.24, 2.45) is 0 Å². The fourth-order valence-corrected chi connectivity index (χ4v) is 0.833. The third-order valence-corrected chi connectivity index (χ3v) is 1.36. The number of hydrogen-bond acceptors (Lipinski definition) is 0. The van der Waals surface area contributed by atoms with Crippen molar-refractivity contribution in [2.45, 2.75) is 6.42 Å². The van der Waals surface area contributed by atoms with Gasteiger partial charge in [0.2, 0.25) is 0 Å². The zero-order chi connectivity index (χ0) is 8.27. The van der Waals surface area contributed by atoms with Gasteiger partial charge in [-0.15, -0.1) is 6.58 Å². The van der Waals surface area contributed by atoms with Gasteiger partial charge in [0, 0.05) is 0 Å². The van der Waals surface area contributed by atoms with Crippen molar-refractivity contribution in [1.82, 2.24) is 0 Å². The smallest absolute Gasteiger partial charge is 0.159 e. The van der Waals surface area contributed by atoms with E-state index in [0.717, 1.165) is 11.6 Å². The van der Waals surface area contributed by atoms with Crippen LogP contribution in [0.1, 0.15) is 5.56 Å².